The second-order valence-corrected chi connectivity index (χ2v) is 6.50. The third-order valence-corrected chi connectivity index (χ3v) is 3.71. The zero-order valence-electron chi connectivity index (χ0n) is 13.4. The summed E-state index contributed by atoms with van der Waals surface area (Å²) in [5.74, 6) is 0.156. The molecule has 0 spiro atoms. The van der Waals surface area contributed by atoms with Crippen LogP contribution in [-0.4, -0.2) is 16.2 Å². The molecule has 1 aromatic heterocycles. The largest absolute Gasteiger partial charge is 0.423 e. The molecule has 0 fully saturated rings. The zero-order chi connectivity index (χ0) is 16.4. The topological polar surface area (TPSA) is 52.1 Å². The number of ether oxygens (including phenoxy) is 1. The fraction of sp³-hybridized carbons (Fsp3) is 0.211. The summed E-state index contributed by atoms with van der Waals surface area (Å²) in [5.41, 5.74) is 1.76. The van der Waals surface area contributed by atoms with Crippen molar-refractivity contribution < 1.29 is 9.53 Å². The van der Waals surface area contributed by atoms with Gasteiger partial charge < -0.3 is 4.74 Å². The molecule has 3 rings (SSSR count). The van der Waals surface area contributed by atoms with Gasteiger partial charge in [-0.25, -0.2) is 4.79 Å². The van der Waals surface area contributed by atoms with E-state index < -0.39 is 0 Å². The summed E-state index contributed by atoms with van der Waals surface area (Å²) >= 11 is 0. The molecule has 0 radical (unpaired) electrons. The van der Waals surface area contributed by atoms with Gasteiger partial charge in [0.05, 0.1) is 18.0 Å². The number of nitrogens with zero attached hydrogens (tertiary/aromatic N) is 2. The first-order valence-electron chi connectivity index (χ1n) is 7.47. The number of fused-ring (bicyclic) bond motifs is 1. The van der Waals surface area contributed by atoms with Gasteiger partial charge in [0.1, 0.15) is 5.75 Å². The minimum Gasteiger partial charge on any atom is -0.423 e. The van der Waals surface area contributed by atoms with Crippen LogP contribution < -0.4 is 4.74 Å². The molecule has 4 nitrogen and oxygen atoms in total. The normalized spacial score (nSPS) is 11.4. The Balaban J connectivity index is 1.80. The lowest BCUT2D eigenvalue weighted by atomic mass is 9.87. The van der Waals surface area contributed by atoms with Gasteiger partial charge in [0.25, 0.3) is 0 Å². The molecule has 0 N–H and O–H groups in total. The number of esters is 1. The van der Waals surface area contributed by atoms with Crippen LogP contribution in [0.5, 0.6) is 5.75 Å². The molecule has 0 atom stereocenters. The van der Waals surface area contributed by atoms with Crippen LogP contribution in [0.25, 0.3) is 10.8 Å². The van der Waals surface area contributed by atoms with E-state index in [-0.39, 0.29) is 11.4 Å². The predicted octanol–water partition coefficient (Wildman–Crippen LogP) is 4.15. The maximum Gasteiger partial charge on any atom is 0.343 e. The van der Waals surface area contributed by atoms with Crippen molar-refractivity contribution in [2.75, 3.05) is 0 Å². The molecule has 4 heteroatoms. The van der Waals surface area contributed by atoms with Crippen molar-refractivity contribution in [2.24, 2.45) is 0 Å². The Morgan fingerprint density at radius 3 is 2.22 bits per heavy atom. The van der Waals surface area contributed by atoms with Crippen LogP contribution >= 0.6 is 0 Å². The van der Waals surface area contributed by atoms with Gasteiger partial charge in [0, 0.05) is 10.8 Å². The van der Waals surface area contributed by atoms with E-state index in [4.69, 9.17) is 4.74 Å². The van der Waals surface area contributed by atoms with Gasteiger partial charge in [0.2, 0.25) is 0 Å². The fourth-order valence-corrected chi connectivity index (χ4v) is 2.31. The summed E-state index contributed by atoms with van der Waals surface area (Å²) in [4.78, 5) is 12.3. The average Bonchev–Trinajstić information content (AvgIpc) is 2.54. The first-order valence-corrected chi connectivity index (χ1v) is 7.47. The Kier molecular flexibility index (Phi) is 3.82. The van der Waals surface area contributed by atoms with Gasteiger partial charge in [0.15, 0.2) is 0 Å². The monoisotopic (exact) mass is 306 g/mol. The van der Waals surface area contributed by atoms with Gasteiger partial charge in [-0.15, -0.1) is 0 Å². The zero-order valence-corrected chi connectivity index (χ0v) is 13.4. The Morgan fingerprint density at radius 1 is 0.913 bits per heavy atom. The third kappa shape index (κ3) is 3.37. The van der Waals surface area contributed by atoms with E-state index in [1.165, 1.54) is 5.56 Å². The quantitative estimate of drug-likeness (QED) is 0.527. The van der Waals surface area contributed by atoms with E-state index in [9.17, 15) is 4.79 Å². The Hall–Kier alpha value is -2.75. The van der Waals surface area contributed by atoms with E-state index in [1.54, 1.807) is 24.5 Å². The lowest BCUT2D eigenvalue weighted by molar-refractivity contribution is 0.0735. The van der Waals surface area contributed by atoms with E-state index in [0.29, 0.717) is 11.3 Å². The molecule has 0 bridgehead atoms. The number of aromatic nitrogens is 2. The van der Waals surface area contributed by atoms with Gasteiger partial charge in [-0.3, -0.25) is 0 Å². The predicted molar refractivity (Wildman–Crippen MR) is 89.6 cm³/mol. The number of carbonyl (C=O) groups is 1. The van der Waals surface area contributed by atoms with E-state index in [0.717, 1.165) is 10.8 Å². The molecule has 116 valence electrons. The maximum atomic E-state index is 12.3. The van der Waals surface area contributed by atoms with E-state index >= 15 is 0 Å². The van der Waals surface area contributed by atoms with Gasteiger partial charge >= 0.3 is 5.97 Å². The van der Waals surface area contributed by atoms with Gasteiger partial charge in [-0.2, -0.15) is 10.2 Å². The second-order valence-electron chi connectivity index (χ2n) is 6.50. The molecule has 0 unspecified atom stereocenters. The lowest BCUT2D eigenvalue weighted by Gasteiger charge is -2.19. The highest BCUT2D eigenvalue weighted by atomic mass is 16.5. The van der Waals surface area contributed by atoms with Crippen molar-refractivity contribution in [3.63, 3.8) is 0 Å². The summed E-state index contributed by atoms with van der Waals surface area (Å²) in [5, 5.41) is 9.44. The minimum atomic E-state index is -0.382. The number of carbonyl (C=O) groups excluding carboxylic acids is 1. The summed E-state index contributed by atoms with van der Waals surface area (Å²) in [6.07, 6.45) is 3.29. The smallest absolute Gasteiger partial charge is 0.343 e. The molecule has 23 heavy (non-hydrogen) atoms. The van der Waals surface area contributed by atoms with Crippen molar-refractivity contribution in [1.82, 2.24) is 10.2 Å². The molecule has 0 amide bonds. The molecule has 0 aliphatic heterocycles. The van der Waals surface area contributed by atoms with Crippen LogP contribution in [0.3, 0.4) is 0 Å². The highest BCUT2D eigenvalue weighted by molar-refractivity contribution is 5.96. The van der Waals surface area contributed by atoms with Crippen molar-refractivity contribution in [3.8, 4) is 5.75 Å². The summed E-state index contributed by atoms with van der Waals surface area (Å²) in [6.45, 7) is 6.43. The van der Waals surface area contributed by atoms with Crippen LogP contribution in [-0.2, 0) is 5.41 Å². The SMILES string of the molecule is CC(C)(C)c1ccc(OC(=O)c2ccc3cnncc3c2)cc1. The molecule has 0 aliphatic rings. The van der Waals surface area contributed by atoms with Crippen molar-refractivity contribution >= 4 is 16.7 Å². The molecule has 3 aromatic rings. The van der Waals surface area contributed by atoms with Crippen LogP contribution in [0.2, 0.25) is 0 Å². The molecule has 2 aromatic carbocycles. The first kappa shape index (κ1) is 15.2. The molecule has 0 saturated carbocycles. The van der Waals surface area contributed by atoms with Gasteiger partial charge in [-0.1, -0.05) is 39.0 Å². The molecular formula is C19H18N2O2. The number of hydrogen-bond donors (Lipinski definition) is 0. The fourth-order valence-electron chi connectivity index (χ4n) is 2.31. The highest BCUT2D eigenvalue weighted by Crippen LogP contribution is 2.24. The number of benzene rings is 2. The molecule has 1 heterocycles. The summed E-state index contributed by atoms with van der Waals surface area (Å²) in [6, 6.07) is 12.9. The van der Waals surface area contributed by atoms with E-state index in [1.807, 2.05) is 30.3 Å². The Morgan fingerprint density at radius 2 is 1.57 bits per heavy atom. The number of rotatable bonds is 2. The van der Waals surface area contributed by atoms with Crippen LogP contribution in [0.4, 0.5) is 0 Å². The number of hydrogen-bond acceptors (Lipinski definition) is 4. The molecule has 0 saturated heterocycles. The lowest BCUT2D eigenvalue weighted by Crippen LogP contribution is -2.11. The standard InChI is InChI=1S/C19H18N2O2/c1-19(2,3)16-6-8-17(9-7-16)23-18(22)13-4-5-14-11-20-21-12-15(14)10-13/h4-12H,1-3H3. The van der Waals surface area contributed by atoms with Crippen LogP contribution in [0, 0.1) is 0 Å². The average molecular weight is 306 g/mol. The van der Waals surface area contributed by atoms with E-state index in [2.05, 4.69) is 31.0 Å². The highest BCUT2D eigenvalue weighted by Gasteiger charge is 2.14. The molecular weight excluding hydrogens is 288 g/mol. The maximum absolute atomic E-state index is 12.3. The Labute approximate surface area is 135 Å². The molecule has 0 aliphatic carbocycles. The van der Waals surface area contributed by atoms with Crippen LogP contribution in [0.1, 0.15) is 36.7 Å². The minimum absolute atomic E-state index is 0.0713. The summed E-state index contributed by atoms with van der Waals surface area (Å²) < 4.78 is 5.44. The van der Waals surface area contributed by atoms with Crippen molar-refractivity contribution in [2.45, 2.75) is 26.2 Å². The van der Waals surface area contributed by atoms with Crippen LogP contribution in [0.15, 0.2) is 54.9 Å². The van der Waals surface area contributed by atoms with Crippen molar-refractivity contribution in [3.05, 3.63) is 66.0 Å². The Bertz CT molecular complexity index is 849. The third-order valence-electron chi connectivity index (χ3n) is 3.71. The second kappa shape index (κ2) is 5.80. The first-order chi connectivity index (χ1) is 10.9. The van der Waals surface area contributed by atoms with Gasteiger partial charge in [-0.05, 0) is 35.2 Å². The summed E-state index contributed by atoms with van der Waals surface area (Å²) in [7, 11) is 0. The van der Waals surface area contributed by atoms with Crippen molar-refractivity contribution in [1.29, 1.82) is 0 Å².